The summed E-state index contributed by atoms with van der Waals surface area (Å²) in [7, 11) is 1.59. The van der Waals surface area contributed by atoms with E-state index in [1.807, 2.05) is 0 Å². The maximum Gasteiger partial charge on any atom is 0.328 e. The average molecular weight is 350 g/mol. The molecule has 2 aromatic rings. The van der Waals surface area contributed by atoms with Gasteiger partial charge in [-0.1, -0.05) is 0 Å². The summed E-state index contributed by atoms with van der Waals surface area (Å²) in [6, 6.07) is 8.73. The molecule has 0 aliphatic carbocycles. The summed E-state index contributed by atoms with van der Waals surface area (Å²) in [6.07, 6.45) is 4.05. The summed E-state index contributed by atoms with van der Waals surface area (Å²) in [5.41, 5.74) is 0.679. The third kappa shape index (κ3) is 4.32. The molecule has 0 aliphatic rings. The summed E-state index contributed by atoms with van der Waals surface area (Å²) < 4.78 is 11.5. The SMILES string of the molecule is COc1ccc(Oc2ccc(/C=C/C(=O)O)cn2)c(Br)c1. The number of aromatic nitrogens is 1. The Kier molecular flexibility index (Phi) is 4.94. The molecule has 0 spiro atoms. The number of pyridine rings is 1. The van der Waals surface area contributed by atoms with Gasteiger partial charge in [-0.25, -0.2) is 9.78 Å². The largest absolute Gasteiger partial charge is 0.497 e. The van der Waals surface area contributed by atoms with Crippen LogP contribution in [0.2, 0.25) is 0 Å². The predicted molar refractivity (Wildman–Crippen MR) is 81.7 cm³/mol. The van der Waals surface area contributed by atoms with Crippen molar-refractivity contribution < 1.29 is 19.4 Å². The molecule has 6 heteroatoms. The van der Waals surface area contributed by atoms with E-state index in [4.69, 9.17) is 14.6 Å². The van der Waals surface area contributed by atoms with Crippen LogP contribution < -0.4 is 9.47 Å². The number of benzene rings is 1. The molecule has 0 fully saturated rings. The highest BCUT2D eigenvalue weighted by molar-refractivity contribution is 9.10. The third-order valence-corrected chi connectivity index (χ3v) is 3.15. The van der Waals surface area contributed by atoms with Crippen LogP contribution in [-0.2, 0) is 4.79 Å². The highest BCUT2D eigenvalue weighted by atomic mass is 79.9. The Morgan fingerprint density at radius 1 is 1.33 bits per heavy atom. The minimum absolute atomic E-state index is 0.411. The van der Waals surface area contributed by atoms with Crippen LogP contribution in [0.15, 0.2) is 47.1 Å². The van der Waals surface area contributed by atoms with Gasteiger partial charge in [-0.05, 0) is 51.8 Å². The number of carboxylic acid groups (broad SMARTS) is 1. The van der Waals surface area contributed by atoms with Crippen molar-refractivity contribution in [2.45, 2.75) is 0 Å². The minimum atomic E-state index is -1.00. The zero-order valence-corrected chi connectivity index (χ0v) is 12.7. The van der Waals surface area contributed by atoms with E-state index >= 15 is 0 Å². The first-order chi connectivity index (χ1) is 10.1. The second kappa shape index (κ2) is 6.90. The predicted octanol–water partition coefficient (Wildman–Crippen LogP) is 3.74. The van der Waals surface area contributed by atoms with Crippen LogP contribution in [0.4, 0.5) is 0 Å². The molecule has 1 heterocycles. The molecule has 0 amide bonds. The van der Waals surface area contributed by atoms with Gasteiger partial charge in [0.1, 0.15) is 11.5 Å². The van der Waals surface area contributed by atoms with Crippen LogP contribution in [0.1, 0.15) is 5.56 Å². The molecule has 0 saturated heterocycles. The summed E-state index contributed by atoms with van der Waals surface area (Å²) in [6.45, 7) is 0. The molecular weight excluding hydrogens is 338 g/mol. The van der Waals surface area contributed by atoms with E-state index in [1.54, 1.807) is 37.4 Å². The normalized spacial score (nSPS) is 10.6. The molecule has 1 aromatic heterocycles. The van der Waals surface area contributed by atoms with Gasteiger partial charge >= 0.3 is 5.97 Å². The Morgan fingerprint density at radius 3 is 2.71 bits per heavy atom. The van der Waals surface area contributed by atoms with Gasteiger partial charge in [0.05, 0.1) is 11.6 Å². The van der Waals surface area contributed by atoms with Crippen molar-refractivity contribution in [2.75, 3.05) is 7.11 Å². The molecule has 0 bridgehead atoms. The summed E-state index contributed by atoms with van der Waals surface area (Å²) >= 11 is 3.39. The van der Waals surface area contributed by atoms with E-state index in [1.165, 1.54) is 12.3 Å². The van der Waals surface area contributed by atoms with Gasteiger partial charge in [0.2, 0.25) is 5.88 Å². The van der Waals surface area contributed by atoms with Gasteiger partial charge in [0, 0.05) is 18.3 Å². The average Bonchev–Trinajstić information content (AvgIpc) is 2.48. The van der Waals surface area contributed by atoms with Crippen molar-refractivity contribution in [3.63, 3.8) is 0 Å². The number of carboxylic acids is 1. The van der Waals surface area contributed by atoms with Crippen LogP contribution in [-0.4, -0.2) is 23.2 Å². The molecule has 108 valence electrons. The number of halogens is 1. The fourth-order valence-electron chi connectivity index (χ4n) is 1.52. The number of carbonyl (C=O) groups is 1. The van der Waals surface area contributed by atoms with E-state index < -0.39 is 5.97 Å². The monoisotopic (exact) mass is 349 g/mol. The number of hydrogen-bond donors (Lipinski definition) is 1. The van der Waals surface area contributed by atoms with Crippen molar-refractivity contribution in [1.29, 1.82) is 0 Å². The van der Waals surface area contributed by atoms with Crippen molar-refractivity contribution in [3.8, 4) is 17.4 Å². The van der Waals surface area contributed by atoms with E-state index in [0.29, 0.717) is 17.2 Å². The Bertz CT molecular complexity index is 668. The van der Waals surface area contributed by atoms with E-state index in [-0.39, 0.29) is 0 Å². The van der Waals surface area contributed by atoms with Crippen LogP contribution in [0.25, 0.3) is 6.08 Å². The lowest BCUT2D eigenvalue weighted by molar-refractivity contribution is -0.131. The number of rotatable bonds is 5. The van der Waals surface area contributed by atoms with Crippen LogP contribution in [0.3, 0.4) is 0 Å². The fraction of sp³-hybridized carbons (Fsp3) is 0.0667. The molecule has 21 heavy (non-hydrogen) atoms. The van der Waals surface area contributed by atoms with Crippen molar-refractivity contribution in [3.05, 3.63) is 52.6 Å². The molecule has 2 rings (SSSR count). The zero-order valence-electron chi connectivity index (χ0n) is 11.1. The van der Waals surface area contributed by atoms with E-state index in [2.05, 4.69) is 20.9 Å². The van der Waals surface area contributed by atoms with E-state index in [9.17, 15) is 4.79 Å². The molecule has 0 saturated carbocycles. The lowest BCUT2D eigenvalue weighted by atomic mass is 10.2. The number of nitrogens with zero attached hydrogens (tertiary/aromatic N) is 1. The van der Waals surface area contributed by atoms with Crippen molar-refractivity contribution >= 4 is 28.0 Å². The van der Waals surface area contributed by atoms with Crippen LogP contribution in [0, 0.1) is 0 Å². The van der Waals surface area contributed by atoms with Crippen molar-refractivity contribution in [2.24, 2.45) is 0 Å². The quantitative estimate of drug-likeness (QED) is 0.832. The molecule has 5 nitrogen and oxygen atoms in total. The maximum absolute atomic E-state index is 10.4. The van der Waals surface area contributed by atoms with Crippen LogP contribution in [0.5, 0.6) is 17.4 Å². The number of methoxy groups -OCH3 is 1. The molecule has 1 aromatic carbocycles. The van der Waals surface area contributed by atoms with Gasteiger partial charge in [-0.3, -0.25) is 0 Å². The standard InChI is InChI=1S/C15H12BrNO4/c1-20-11-4-5-13(12(16)8-11)21-14-6-2-10(9-17-14)3-7-15(18)19/h2-9H,1H3,(H,18,19)/b7-3+. The smallest absolute Gasteiger partial charge is 0.328 e. The summed E-state index contributed by atoms with van der Waals surface area (Å²) in [4.78, 5) is 14.5. The Labute approximate surface area is 130 Å². The molecule has 0 unspecified atom stereocenters. The number of hydrogen-bond acceptors (Lipinski definition) is 4. The van der Waals surface area contributed by atoms with Gasteiger partial charge in [-0.15, -0.1) is 0 Å². The molecular formula is C15H12BrNO4. The fourth-order valence-corrected chi connectivity index (χ4v) is 1.96. The third-order valence-electron chi connectivity index (χ3n) is 2.53. The lowest BCUT2D eigenvalue weighted by Crippen LogP contribution is -1.90. The number of ether oxygens (including phenoxy) is 2. The summed E-state index contributed by atoms with van der Waals surface area (Å²) in [5, 5.41) is 8.55. The topological polar surface area (TPSA) is 68.7 Å². The maximum atomic E-state index is 10.4. The minimum Gasteiger partial charge on any atom is -0.497 e. The highest BCUT2D eigenvalue weighted by Crippen LogP contribution is 2.32. The first kappa shape index (κ1) is 15.1. The van der Waals surface area contributed by atoms with E-state index in [0.717, 1.165) is 16.3 Å². The van der Waals surface area contributed by atoms with Crippen LogP contribution >= 0.6 is 15.9 Å². The first-order valence-electron chi connectivity index (χ1n) is 5.97. The summed E-state index contributed by atoms with van der Waals surface area (Å²) in [5.74, 6) is 0.735. The van der Waals surface area contributed by atoms with Gasteiger partial charge in [0.25, 0.3) is 0 Å². The molecule has 0 aliphatic heterocycles. The zero-order chi connectivity index (χ0) is 15.2. The van der Waals surface area contributed by atoms with Crippen molar-refractivity contribution in [1.82, 2.24) is 4.98 Å². The van der Waals surface area contributed by atoms with Gasteiger partial charge in [0.15, 0.2) is 0 Å². The van der Waals surface area contributed by atoms with Gasteiger partial charge < -0.3 is 14.6 Å². The van der Waals surface area contributed by atoms with Gasteiger partial charge in [-0.2, -0.15) is 0 Å². The molecule has 0 radical (unpaired) electrons. The number of aliphatic carboxylic acids is 1. The second-order valence-electron chi connectivity index (χ2n) is 4.00. The Morgan fingerprint density at radius 2 is 2.14 bits per heavy atom. The first-order valence-corrected chi connectivity index (χ1v) is 6.76. The second-order valence-corrected chi connectivity index (χ2v) is 4.85. The Balaban J connectivity index is 2.11. The molecule has 1 N–H and O–H groups in total. The highest BCUT2D eigenvalue weighted by Gasteiger charge is 2.05. The molecule has 0 atom stereocenters. The Hall–Kier alpha value is -2.34. The lowest BCUT2D eigenvalue weighted by Gasteiger charge is -2.08.